The average molecular weight is 576 g/mol. The van der Waals surface area contributed by atoms with Crippen molar-refractivity contribution in [3.05, 3.63) is 42.2 Å². The van der Waals surface area contributed by atoms with E-state index in [0.717, 1.165) is 32.8 Å². The Bertz CT molecular complexity index is 1290. The van der Waals surface area contributed by atoms with Crippen molar-refractivity contribution in [2.75, 3.05) is 32.0 Å². The van der Waals surface area contributed by atoms with Crippen LogP contribution in [0.5, 0.6) is 0 Å². The fourth-order valence-corrected chi connectivity index (χ4v) is 8.74. The molecule has 0 radical (unpaired) electrons. The van der Waals surface area contributed by atoms with Crippen LogP contribution < -0.4 is 5.48 Å². The van der Waals surface area contributed by atoms with E-state index >= 15 is 0 Å². The molecule has 2 atom stereocenters. The number of piperazine rings is 1. The molecule has 1 N–H and O–H groups in total. The lowest BCUT2D eigenvalue weighted by Crippen LogP contribution is -2.61. The summed E-state index contributed by atoms with van der Waals surface area (Å²) >= 11 is 0.990. The third-order valence-corrected chi connectivity index (χ3v) is 11.7. The summed E-state index contributed by atoms with van der Waals surface area (Å²) in [4.78, 5) is 19.1. The zero-order chi connectivity index (χ0) is 26.6. The average Bonchev–Trinajstić information content (AvgIpc) is 3.39. The smallest absolute Gasteiger partial charge is 0.263 e. The molecular weight excluding hydrogens is 545 g/mol. The van der Waals surface area contributed by atoms with Gasteiger partial charge < -0.3 is 4.74 Å². The number of benzene rings is 1. The van der Waals surface area contributed by atoms with E-state index in [1.807, 2.05) is 0 Å². The van der Waals surface area contributed by atoms with Crippen LogP contribution in [0.2, 0.25) is 0 Å². The van der Waals surface area contributed by atoms with Crippen molar-refractivity contribution in [3.8, 4) is 10.4 Å². The molecule has 14 heteroatoms. The molecule has 0 saturated carbocycles. The minimum Gasteiger partial charge on any atom is -0.350 e. The topological polar surface area (TPSA) is 122 Å². The number of nitrogens with one attached hydrogen (secondary N) is 1. The Kier molecular flexibility index (Phi) is 8.99. The second-order valence-electron chi connectivity index (χ2n) is 8.81. The number of sulfonamides is 2. The second-order valence-corrected chi connectivity index (χ2v) is 14.1. The van der Waals surface area contributed by atoms with E-state index < -0.39 is 44.1 Å². The first-order chi connectivity index (χ1) is 17.6. The number of ether oxygens (including phenoxy) is 1. The lowest BCUT2D eigenvalue weighted by atomic mass is 10.2. The summed E-state index contributed by atoms with van der Waals surface area (Å²) in [5.74, 6) is -1.28. The van der Waals surface area contributed by atoms with Gasteiger partial charge >= 0.3 is 0 Å². The third kappa shape index (κ3) is 6.56. The fourth-order valence-electron chi connectivity index (χ4n) is 4.22. The Morgan fingerprint density at radius 3 is 2.57 bits per heavy atom. The van der Waals surface area contributed by atoms with Crippen LogP contribution in [0.4, 0.5) is 4.39 Å². The van der Waals surface area contributed by atoms with Crippen molar-refractivity contribution in [2.24, 2.45) is 0 Å². The Morgan fingerprint density at radius 1 is 1.14 bits per heavy atom. The first-order valence-corrected chi connectivity index (χ1v) is 15.9. The van der Waals surface area contributed by atoms with Crippen molar-refractivity contribution in [2.45, 2.75) is 49.1 Å². The molecule has 37 heavy (non-hydrogen) atoms. The maximum atomic E-state index is 13.7. The molecule has 2 aliphatic heterocycles. The van der Waals surface area contributed by atoms with E-state index in [1.165, 1.54) is 18.2 Å². The third-order valence-electron chi connectivity index (χ3n) is 6.15. The lowest BCUT2D eigenvalue weighted by Gasteiger charge is -2.38. The Hall–Kier alpha value is -1.94. The first-order valence-electron chi connectivity index (χ1n) is 12.0. The number of hydrogen-bond acceptors (Lipinski definition) is 8. The predicted molar refractivity (Wildman–Crippen MR) is 136 cm³/mol. The van der Waals surface area contributed by atoms with Crippen molar-refractivity contribution >= 4 is 37.3 Å². The standard InChI is InChI=1S/C23H30FN3O7S3/c1-2-15-36(29,30)26-12-13-27(19(16-26)23(28)25-34-21-5-3-4-14-33-21)37(31,32)22-11-10-20(35-22)17-6-8-18(24)9-7-17/h6-11,19,21H,2-5,12-16H2,1H3,(H,25,28)/t19-,21?/m1/s1. The van der Waals surface area contributed by atoms with Gasteiger partial charge in [0.1, 0.15) is 16.1 Å². The largest absolute Gasteiger partial charge is 0.350 e. The van der Waals surface area contributed by atoms with E-state index in [4.69, 9.17) is 9.57 Å². The number of amides is 1. The highest BCUT2D eigenvalue weighted by Gasteiger charge is 2.43. The molecule has 1 amide bonds. The molecule has 2 aliphatic rings. The number of hydrogen-bond donors (Lipinski definition) is 1. The zero-order valence-electron chi connectivity index (χ0n) is 20.3. The summed E-state index contributed by atoms with van der Waals surface area (Å²) in [6, 6.07) is 7.38. The monoisotopic (exact) mass is 575 g/mol. The Balaban J connectivity index is 1.58. The highest BCUT2D eigenvalue weighted by molar-refractivity contribution is 7.91. The Morgan fingerprint density at radius 2 is 1.89 bits per heavy atom. The van der Waals surface area contributed by atoms with Crippen molar-refractivity contribution in [1.29, 1.82) is 0 Å². The number of carbonyl (C=O) groups excluding carboxylic acids is 1. The summed E-state index contributed by atoms with van der Waals surface area (Å²) in [6.07, 6.45) is 2.06. The molecule has 2 saturated heterocycles. The van der Waals surface area contributed by atoms with Crippen molar-refractivity contribution in [1.82, 2.24) is 14.1 Å². The SMILES string of the molecule is CCCS(=O)(=O)N1CCN(S(=O)(=O)c2ccc(-c3ccc(F)cc3)s2)[C@@H](C(=O)NOC2CCCCO2)C1. The summed E-state index contributed by atoms with van der Waals surface area (Å²) < 4.78 is 73.7. The highest BCUT2D eigenvalue weighted by atomic mass is 32.2. The molecule has 10 nitrogen and oxygen atoms in total. The van der Waals surface area contributed by atoms with Gasteiger partial charge in [0.15, 0.2) is 6.29 Å². The van der Waals surface area contributed by atoms with Gasteiger partial charge in [0.25, 0.3) is 15.9 Å². The van der Waals surface area contributed by atoms with Crippen LogP contribution in [0.15, 0.2) is 40.6 Å². The van der Waals surface area contributed by atoms with Crippen LogP contribution in [-0.4, -0.2) is 75.7 Å². The molecule has 0 bridgehead atoms. The van der Waals surface area contributed by atoms with Gasteiger partial charge in [-0.15, -0.1) is 11.3 Å². The van der Waals surface area contributed by atoms with Gasteiger partial charge in [-0.1, -0.05) is 19.1 Å². The van der Waals surface area contributed by atoms with Gasteiger partial charge in [0.2, 0.25) is 10.0 Å². The van der Waals surface area contributed by atoms with Crippen LogP contribution in [0, 0.1) is 5.82 Å². The first kappa shape index (κ1) is 28.1. The van der Waals surface area contributed by atoms with Gasteiger partial charge in [0.05, 0.1) is 5.75 Å². The lowest BCUT2D eigenvalue weighted by molar-refractivity contribution is -0.202. The minimum atomic E-state index is -4.17. The number of carbonyl (C=O) groups is 1. The summed E-state index contributed by atoms with van der Waals surface area (Å²) in [7, 11) is -7.83. The minimum absolute atomic E-state index is 0.00831. The highest BCUT2D eigenvalue weighted by Crippen LogP contribution is 2.34. The summed E-state index contributed by atoms with van der Waals surface area (Å²) in [5, 5.41) is 0. The summed E-state index contributed by atoms with van der Waals surface area (Å²) in [6.45, 7) is 1.61. The Labute approximate surface area is 220 Å². The quantitative estimate of drug-likeness (QED) is 0.456. The van der Waals surface area contributed by atoms with E-state index in [2.05, 4.69) is 5.48 Å². The van der Waals surface area contributed by atoms with E-state index in [0.29, 0.717) is 29.9 Å². The van der Waals surface area contributed by atoms with E-state index in [-0.39, 0.29) is 29.6 Å². The molecule has 2 fully saturated rings. The molecule has 3 heterocycles. The van der Waals surface area contributed by atoms with Gasteiger partial charge in [-0.2, -0.15) is 8.61 Å². The van der Waals surface area contributed by atoms with Crippen LogP contribution in [0.1, 0.15) is 32.6 Å². The number of nitrogens with zero attached hydrogens (tertiary/aromatic N) is 2. The van der Waals surface area contributed by atoms with Crippen LogP contribution in [0.3, 0.4) is 0 Å². The van der Waals surface area contributed by atoms with Gasteiger partial charge in [0, 0.05) is 37.5 Å². The van der Waals surface area contributed by atoms with Gasteiger partial charge in [-0.3, -0.25) is 4.79 Å². The molecule has 204 valence electrons. The molecule has 0 aliphatic carbocycles. The normalized spacial score (nSPS) is 22.1. The van der Waals surface area contributed by atoms with Gasteiger partial charge in [-0.25, -0.2) is 31.5 Å². The second kappa shape index (κ2) is 11.8. The van der Waals surface area contributed by atoms with Crippen molar-refractivity contribution in [3.63, 3.8) is 0 Å². The predicted octanol–water partition coefficient (Wildman–Crippen LogP) is 2.54. The molecule has 1 aromatic heterocycles. The number of hydroxylamine groups is 1. The molecular formula is C23H30FN3O7S3. The maximum Gasteiger partial charge on any atom is 0.263 e. The van der Waals surface area contributed by atoms with E-state index in [1.54, 1.807) is 25.1 Å². The van der Waals surface area contributed by atoms with Crippen molar-refractivity contribution < 1.29 is 35.6 Å². The van der Waals surface area contributed by atoms with Crippen LogP contribution in [-0.2, 0) is 34.4 Å². The van der Waals surface area contributed by atoms with E-state index in [9.17, 15) is 26.0 Å². The number of rotatable bonds is 9. The molecule has 0 spiro atoms. The number of halogens is 1. The molecule has 2 aromatic rings. The number of thiophene rings is 1. The molecule has 1 unspecified atom stereocenters. The summed E-state index contributed by atoms with van der Waals surface area (Å²) in [5.41, 5.74) is 2.94. The van der Waals surface area contributed by atoms with Crippen LogP contribution in [0.25, 0.3) is 10.4 Å². The maximum absolute atomic E-state index is 13.7. The molecule has 4 rings (SSSR count). The van der Waals surface area contributed by atoms with Crippen LogP contribution >= 0.6 is 11.3 Å². The fraction of sp³-hybridized carbons (Fsp3) is 0.522. The van der Waals surface area contributed by atoms with Gasteiger partial charge in [-0.05, 0) is 49.1 Å². The zero-order valence-corrected chi connectivity index (χ0v) is 22.8. The molecule has 1 aromatic carbocycles.